The third-order valence-electron chi connectivity index (χ3n) is 2.31. The van der Waals surface area contributed by atoms with Gasteiger partial charge in [-0.1, -0.05) is 6.92 Å². The van der Waals surface area contributed by atoms with Gasteiger partial charge in [0.1, 0.15) is 5.82 Å². The van der Waals surface area contributed by atoms with E-state index in [0.717, 1.165) is 12.1 Å². The quantitative estimate of drug-likeness (QED) is 0.848. The smallest absolute Gasteiger partial charge is 0.189 e. The van der Waals surface area contributed by atoms with Gasteiger partial charge in [-0.25, -0.2) is 4.39 Å². The molecule has 0 radical (unpaired) electrons. The third-order valence-corrected chi connectivity index (χ3v) is 2.92. The molecular formula is C11H9BrFNO. The van der Waals surface area contributed by atoms with Crippen LogP contribution in [0.1, 0.15) is 12.6 Å². The van der Waals surface area contributed by atoms with E-state index in [-0.39, 0.29) is 5.43 Å². The molecular weight excluding hydrogens is 261 g/mol. The van der Waals surface area contributed by atoms with Crippen LogP contribution in [0.4, 0.5) is 4.39 Å². The van der Waals surface area contributed by atoms with Gasteiger partial charge in [0.25, 0.3) is 0 Å². The van der Waals surface area contributed by atoms with Crippen molar-refractivity contribution in [3.05, 3.63) is 44.4 Å². The molecule has 0 bridgehead atoms. The summed E-state index contributed by atoms with van der Waals surface area (Å²) in [5, 5.41) is 0.382. The molecule has 1 aromatic heterocycles. The monoisotopic (exact) mass is 269 g/mol. The van der Waals surface area contributed by atoms with Gasteiger partial charge in [-0.3, -0.25) is 4.79 Å². The molecule has 0 aliphatic heterocycles. The largest absolute Gasteiger partial charge is 0.358 e. The number of aryl methyl sites for hydroxylation is 1. The standard InChI is InChI=1S/C11H9BrFNO/c1-2-6-3-11(15)7-4-9(13)8(12)5-10(7)14-6/h3-5H,2H2,1H3,(H,14,15). The second-order valence-electron chi connectivity index (χ2n) is 3.32. The Morgan fingerprint density at radius 3 is 2.80 bits per heavy atom. The first kappa shape index (κ1) is 10.4. The van der Waals surface area contributed by atoms with E-state index in [4.69, 9.17) is 0 Å². The summed E-state index contributed by atoms with van der Waals surface area (Å²) in [6, 6.07) is 4.35. The number of benzene rings is 1. The highest BCUT2D eigenvalue weighted by Crippen LogP contribution is 2.20. The fourth-order valence-electron chi connectivity index (χ4n) is 1.49. The number of fused-ring (bicyclic) bond motifs is 1. The van der Waals surface area contributed by atoms with Crippen LogP contribution in [-0.2, 0) is 6.42 Å². The number of H-pyrrole nitrogens is 1. The maximum absolute atomic E-state index is 13.2. The van der Waals surface area contributed by atoms with Crippen molar-refractivity contribution in [1.29, 1.82) is 0 Å². The van der Waals surface area contributed by atoms with Crippen LogP contribution in [-0.4, -0.2) is 4.98 Å². The number of hydrogen-bond donors (Lipinski definition) is 1. The fourth-order valence-corrected chi connectivity index (χ4v) is 1.83. The van der Waals surface area contributed by atoms with E-state index < -0.39 is 5.82 Å². The molecule has 2 rings (SSSR count). The van der Waals surface area contributed by atoms with E-state index in [2.05, 4.69) is 20.9 Å². The average molecular weight is 270 g/mol. The van der Waals surface area contributed by atoms with Crippen LogP contribution >= 0.6 is 15.9 Å². The summed E-state index contributed by atoms with van der Waals surface area (Å²) in [5.74, 6) is -0.419. The Hall–Kier alpha value is -1.16. The van der Waals surface area contributed by atoms with Gasteiger partial charge in [-0.2, -0.15) is 0 Å². The molecule has 0 fully saturated rings. The minimum Gasteiger partial charge on any atom is -0.358 e. The average Bonchev–Trinajstić information content (AvgIpc) is 2.21. The van der Waals surface area contributed by atoms with Gasteiger partial charge >= 0.3 is 0 Å². The lowest BCUT2D eigenvalue weighted by atomic mass is 10.1. The van der Waals surface area contributed by atoms with E-state index in [0.29, 0.717) is 15.4 Å². The molecule has 0 aliphatic carbocycles. The number of aromatic nitrogens is 1. The molecule has 2 aromatic rings. The molecule has 0 saturated heterocycles. The molecule has 0 amide bonds. The van der Waals surface area contributed by atoms with Crippen molar-refractivity contribution >= 4 is 26.8 Å². The van der Waals surface area contributed by atoms with Crippen molar-refractivity contribution in [3.8, 4) is 0 Å². The predicted molar refractivity (Wildman–Crippen MR) is 61.6 cm³/mol. The fraction of sp³-hybridized carbons (Fsp3) is 0.182. The summed E-state index contributed by atoms with van der Waals surface area (Å²) in [7, 11) is 0. The molecule has 2 nitrogen and oxygen atoms in total. The molecule has 78 valence electrons. The Labute approximate surface area is 94.3 Å². The Bertz CT molecular complexity index is 577. The Morgan fingerprint density at radius 1 is 1.40 bits per heavy atom. The number of hydrogen-bond acceptors (Lipinski definition) is 1. The Kier molecular flexibility index (Phi) is 2.61. The number of halogens is 2. The van der Waals surface area contributed by atoms with Crippen LogP contribution < -0.4 is 5.43 Å². The lowest BCUT2D eigenvalue weighted by Crippen LogP contribution is -2.05. The number of aromatic amines is 1. The van der Waals surface area contributed by atoms with Crippen LogP contribution in [0.15, 0.2) is 27.5 Å². The van der Waals surface area contributed by atoms with E-state index in [1.165, 1.54) is 12.1 Å². The van der Waals surface area contributed by atoms with Crippen LogP contribution in [0.25, 0.3) is 10.9 Å². The molecule has 0 atom stereocenters. The van der Waals surface area contributed by atoms with Gasteiger partial charge in [0, 0.05) is 17.1 Å². The third kappa shape index (κ3) is 1.81. The summed E-state index contributed by atoms with van der Waals surface area (Å²) in [6.45, 7) is 1.95. The van der Waals surface area contributed by atoms with Gasteiger partial charge < -0.3 is 4.98 Å². The topological polar surface area (TPSA) is 32.9 Å². The van der Waals surface area contributed by atoms with Crippen molar-refractivity contribution in [2.24, 2.45) is 0 Å². The number of nitrogens with one attached hydrogen (secondary N) is 1. The lowest BCUT2D eigenvalue weighted by Gasteiger charge is -2.03. The Morgan fingerprint density at radius 2 is 2.13 bits per heavy atom. The second-order valence-corrected chi connectivity index (χ2v) is 4.18. The molecule has 15 heavy (non-hydrogen) atoms. The van der Waals surface area contributed by atoms with Gasteiger partial charge in [0.15, 0.2) is 5.43 Å². The predicted octanol–water partition coefficient (Wildman–Crippen LogP) is 2.99. The van der Waals surface area contributed by atoms with Gasteiger partial charge in [-0.05, 0) is 34.5 Å². The highest BCUT2D eigenvalue weighted by Gasteiger charge is 2.06. The number of rotatable bonds is 1. The van der Waals surface area contributed by atoms with E-state index in [1.807, 2.05) is 6.92 Å². The van der Waals surface area contributed by atoms with E-state index in [9.17, 15) is 9.18 Å². The van der Waals surface area contributed by atoms with Crippen LogP contribution in [0.3, 0.4) is 0 Å². The molecule has 1 N–H and O–H groups in total. The van der Waals surface area contributed by atoms with Crippen LogP contribution in [0.5, 0.6) is 0 Å². The summed E-state index contributed by atoms with van der Waals surface area (Å²) >= 11 is 3.09. The Balaban J connectivity index is 2.86. The maximum Gasteiger partial charge on any atom is 0.189 e. The molecule has 0 aliphatic rings. The van der Waals surface area contributed by atoms with Crippen molar-refractivity contribution in [2.75, 3.05) is 0 Å². The van der Waals surface area contributed by atoms with Crippen molar-refractivity contribution < 1.29 is 4.39 Å². The summed E-state index contributed by atoms with van der Waals surface area (Å²) in [6.07, 6.45) is 0.750. The molecule has 4 heteroatoms. The highest BCUT2D eigenvalue weighted by atomic mass is 79.9. The van der Waals surface area contributed by atoms with Gasteiger partial charge in [-0.15, -0.1) is 0 Å². The first-order valence-electron chi connectivity index (χ1n) is 4.62. The SMILES string of the molecule is CCc1cc(=O)c2cc(F)c(Br)cc2[nH]1. The zero-order valence-corrected chi connectivity index (χ0v) is 9.69. The molecule has 1 heterocycles. The lowest BCUT2D eigenvalue weighted by molar-refractivity contribution is 0.623. The van der Waals surface area contributed by atoms with Crippen LogP contribution in [0.2, 0.25) is 0 Å². The van der Waals surface area contributed by atoms with E-state index in [1.54, 1.807) is 6.07 Å². The maximum atomic E-state index is 13.2. The summed E-state index contributed by atoms with van der Waals surface area (Å²) in [5.41, 5.74) is 1.37. The zero-order chi connectivity index (χ0) is 11.0. The zero-order valence-electron chi connectivity index (χ0n) is 8.10. The van der Waals surface area contributed by atoms with E-state index >= 15 is 0 Å². The highest BCUT2D eigenvalue weighted by molar-refractivity contribution is 9.10. The van der Waals surface area contributed by atoms with Crippen LogP contribution in [0, 0.1) is 5.82 Å². The summed E-state index contributed by atoms with van der Waals surface area (Å²) in [4.78, 5) is 14.7. The second kappa shape index (κ2) is 3.77. The number of pyridine rings is 1. The molecule has 0 spiro atoms. The van der Waals surface area contributed by atoms with Crippen molar-refractivity contribution in [1.82, 2.24) is 4.98 Å². The van der Waals surface area contributed by atoms with Gasteiger partial charge in [0.2, 0.25) is 0 Å². The molecule has 0 unspecified atom stereocenters. The minimum atomic E-state index is -0.419. The first-order valence-corrected chi connectivity index (χ1v) is 5.42. The van der Waals surface area contributed by atoms with Gasteiger partial charge in [0.05, 0.1) is 9.99 Å². The molecule has 1 aromatic carbocycles. The molecule has 0 saturated carbocycles. The van der Waals surface area contributed by atoms with Crippen molar-refractivity contribution in [2.45, 2.75) is 13.3 Å². The minimum absolute atomic E-state index is 0.146. The first-order chi connectivity index (χ1) is 7.11. The normalized spacial score (nSPS) is 10.9. The summed E-state index contributed by atoms with van der Waals surface area (Å²) < 4.78 is 13.6. The van der Waals surface area contributed by atoms with Crippen molar-refractivity contribution in [3.63, 3.8) is 0 Å².